The highest BCUT2D eigenvalue weighted by Crippen LogP contribution is 2.28. The second-order valence-electron chi connectivity index (χ2n) is 6.28. The van der Waals surface area contributed by atoms with E-state index in [2.05, 4.69) is 10.6 Å². The van der Waals surface area contributed by atoms with E-state index in [0.717, 1.165) is 11.1 Å². The van der Waals surface area contributed by atoms with Gasteiger partial charge in [-0.25, -0.2) is 4.79 Å². The molecule has 2 amide bonds. The molecular weight excluding hydrogens is 332 g/mol. The van der Waals surface area contributed by atoms with E-state index in [-0.39, 0.29) is 12.3 Å². The molecule has 1 aliphatic rings. The molecule has 26 heavy (non-hydrogen) atoms. The van der Waals surface area contributed by atoms with Gasteiger partial charge in [-0.2, -0.15) is 0 Å². The molecule has 3 N–H and O–H groups in total. The molecule has 0 saturated carbocycles. The summed E-state index contributed by atoms with van der Waals surface area (Å²) in [4.78, 5) is 35.8. The van der Waals surface area contributed by atoms with Gasteiger partial charge in [-0.05, 0) is 17.5 Å². The van der Waals surface area contributed by atoms with Crippen LogP contribution in [0.4, 0.5) is 0 Å². The smallest absolute Gasteiger partial charge is 0.327 e. The van der Waals surface area contributed by atoms with E-state index < -0.39 is 29.9 Å². The molecule has 1 aliphatic heterocycles. The Morgan fingerprint density at radius 3 is 1.96 bits per heavy atom. The van der Waals surface area contributed by atoms with Gasteiger partial charge < -0.3 is 15.7 Å². The molecule has 1 heterocycles. The van der Waals surface area contributed by atoms with Crippen LogP contribution in [0.15, 0.2) is 60.7 Å². The summed E-state index contributed by atoms with van der Waals surface area (Å²) in [5.74, 6) is -2.34. The van der Waals surface area contributed by atoms with E-state index in [1.807, 2.05) is 60.7 Å². The van der Waals surface area contributed by atoms with E-state index in [9.17, 15) is 19.5 Å². The normalized spacial score (nSPS) is 17.6. The third kappa shape index (κ3) is 3.91. The van der Waals surface area contributed by atoms with Crippen LogP contribution in [-0.2, 0) is 14.4 Å². The van der Waals surface area contributed by atoms with Crippen molar-refractivity contribution in [1.82, 2.24) is 10.6 Å². The van der Waals surface area contributed by atoms with E-state index in [1.165, 1.54) is 0 Å². The number of hydrogen-bond donors (Lipinski definition) is 3. The van der Waals surface area contributed by atoms with Crippen LogP contribution in [0, 0.1) is 0 Å². The Hall–Kier alpha value is -3.15. The van der Waals surface area contributed by atoms with Crippen molar-refractivity contribution < 1.29 is 19.5 Å². The Kier molecular flexibility index (Phi) is 5.31. The highest BCUT2D eigenvalue weighted by molar-refractivity contribution is 5.93. The van der Waals surface area contributed by atoms with Crippen molar-refractivity contribution in [2.75, 3.05) is 0 Å². The predicted molar refractivity (Wildman–Crippen MR) is 95.5 cm³/mol. The van der Waals surface area contributed by atoms with Crippen LogP contribution >= 0.6 is 0 Å². The Morgan fingerprint density at radius 2 is 1.54 bits per heavy atom. The van der Waals surface area contributed by atoms with Crippen LogP contribution in [0.25, 0.3) is 0 Å². The fourth-order valence-corrected chi connectivity index (χ4v) is 3.25. The maximum Gasteiger partial charge on any atom is 0.327 e. The molecule has 2 atom stereocenters. The molecule has 0 unspecified atom stereocenters. The van der Waals surface area contributed by atoms with Crippen LogP contribution in [-0.4, -0.2) is 35.0 Å². The number of carboxylic acids is 1. The Balaban J connectivity index is 1.92. The third-order valence-electron chi connectivity index (χ3n) is 4.53. The van der Waals surface area contributed by atoms with Gasteiger partial charge in [-0.3, -0.25) is 9.59 Å². The molecule has 3 rings (SSSR count). The summed E-state index contributed by atoms with van der Waals surface area (Å²) >= 11 is 0. The summed E-state index contributed by atoms with van der Waals surface area (Å²) < 4.78 is 0. The van der Waals surface area contributed by atoms with Crippen molar-refractivity contribution in [2.45, 2.75) is 30.8 Å². The molecule has 0 radical (unpaired) electrons. The van der Waals surface area contributed by atoms with Crippen molar-refractivity contribution in [3.63, 3.8) is 0 Å². The third-order valence-corrected chi connectivity index (χ3v) is 4.53. The number of carbonyl (C=O) groups excluding carboxylic acids is 2. The first-order valence-electron chi connectivity index (χ1n) is 8.48. The topological polar surface area (TPSA) is 95.5 Å². The first-order valence-corrected chi connectivity index (χ1v) is 8.48. The van der Waals surface area contributed by atoms with Crippen LogP contribution in [0.5, 0.6) is 0 Å². The van der Waals surface area contributed by atoms with Gasteiger partial charge in [0.1, 0.15) is 12.1 Å². The minimum Gasteiger partial charge on any atom is -0.480 e. The predicted octanol–water partition coefficient (Wildman–Crippen LogP) is 1.67. The largest absolute Gasteiger partial charge is 0.480 e. The van der Waals surface area contributed by atoms with Gasteiger partial charge in [0.25, 0.3) is 0 Å². The van der Waals surface area contributed by atoms with Gasteiger partial charge in [0, 0.05) is 12.3 Å². The fourth-order valence-electron chi connectivity index (χ4n) is 3.25. The van der Waals surface area contributed by atoms with Crippen LogP contribution in [0.3, 0.4) is 0 Å². The molecular formula is C20H20N2O4. The number of hydrogen-bond acceptors (Lipinski definition) is 3. The molecule has 0 aromatic heterocycles. The highest BCUT2D eigenvalue weighted by Gasteiger charge is 2.35. The lowest BCUT2D eigenvalue weighted by Crippen LogP contribution is -2.51. The molecule has 0 aliphatic carbocycles. The van der Waals surface area contributed by atoms with Gasteiger partial charge in [0.15, 0.2) is 0 Å². The summed E-state index contributed by atoms with van der Waals surface area (Å²) in [6.07, 6.45) is 0.648. The van der Waals surface area contributed by atoms with E-state index in [4.69, 9.17) is 0 Å². The Morgan fingerprint density at radius 1 is 1.00 bits per heavy atom. The zero-order chi connectivity index (χ0) is 18.5. The molecule has 0 spiro atoms. The number of carbonyl (C=O) groups is 3. The highest BCUT2D eigenvalue weighted by atomic mass is 16.4. The average molecular weight is 352 g/mol. The molecule has 6 heteroatoms. The minimum atomic E-state index is -1.15. The zero-order valence-corrected chi connectivity index (χ0v) is 14.1. The van der Waals surface area contributed by atoms with Crippen LogP contribution in [0.2, 0.25) is 0 Å². The van der Waals surface area contributed by atoms with Crippen molar-refractivity contribution in [3.05, 3.63) is 71.8 Å². The number of benzene rings is 2. The molecule has 1 fully saturated rings. The summed E-state index contributed by atoms with van der Waals surface area (Å²) in [7, 11) is 0. The number of rotatable bonds is 6. The lowest BCUT2D eigenvalue weighted by atomic mass is 9.85. The van der Waals surface area contributed by atoms with E-state index in [0.29, 0.717) is 6.42 Å². The van der Waals surface area contributed by atoms with Crippen LogP contribution in [0.1, 0.15) is 29.9 Å². The van der Waals surface area contributed by atoms with Gasteiger partial charge in [-0.15, -0.1) is 0 Å². The molecule has 134 valence electrons. The fraction of sp³-hybridized carbons (Fsp3) is 0.250. The number of amides is 2. The summed E-state index contributed by atoms with van der Waals surface area (Å²) in [5.41, 5.74) is 1.59. The summed E-state index contributed by atoms with van der Waals surface area (Å²) in [6.45, 7) is 0. The monoisotopic (exact) mass is 352 g/mol. The zero-order valence-electron chi connectivity index (χ0n) is 14.1. The SMILES string of the molecule is O=C1CC[C@H](C(=O)N[C@@H](C(=O)O)C(c2ccccc2)c2ccccc2)N1. The lowest BCUT2D eigenvalue weighted by Gasteiger charge is -2.27. The molecule has 2 aromatic rings. The quantitative estimate of drug-likeness (QED) is 0.737. The maximum absolute atomic E-state index is 12.5. The number of carboxylic acid groups (broad SMARTS) is 1. The van der Waals surface area contributed by atoms with E-state index >= 15 is 0 Å². The standard InChI is InChI=1S/C20H20N2O4/c23-16-12-11-15(21-16)19(24)22-18(20(25)26)17(13-7-3-1-4-8-13)14-9-5-2-6-10-14/h1-10,15,17-18H,11-12H2,(H,21,23)(H,22,24)(H,25,26)/t15-,18-/m1/s1. The van der Waals surface area contributed by atoms with Crippen molar-refractivity contribution >= 4 is 17.8 Å². The maximum atomic E-state index is 12.5. The van der Waals surface area contributed by atoms with Gasteiger partial charge in [-0.1, -0.05) is 60.7 Å². The van der Waals surface area contributed by atoms with Gasteiger partial charge in [0.2, 0.25) is 11.8 Å². The second kappa shape index (κ2) is 7.82. The first kappa shape index (κ1) is 17.7. The number of nitrogens with one attached hydrogen (secondary N) is 2. The molecule has 1 saturated heterocycles. The Bertz CT molecular complexity index is 752. The van der Waals surface area contributed by atoms with Crippen LogP contribution < -0.4 is 10.6 Å². The van der Waals surface area contributed by atoms with Crippen molar-refractivity contribution in [2.24, 2.45) is 0 Å². The van der Waals surface area contributed by atoms with Gasteiger partial charge in [0.05, 0.1) is 0 Å². The van der Waals surface area contributed by atoms with E-state index in [1.54, 1.807) is 0 Å². The first-order chi connectivity index (χ1) is 12.6. The summed E-state index contributed by atoms with van der Waals surface area (Å²) in [5, 5.41) is 15.0. The lowest BCUT2D eigenvalue weighted by molar-refractivity contribution is -0.142. The molecule has 2 aromatic carbocycles. The van der Waals surface area contributed by atoms with Crippen molar-refractivity contribution in [3.8, 4) is 0 Å². The summed E-state index contributed by atoms with van der Waals surface area (Å²) in [6, 6.07) is 16.6. The van der Waals surface area contributed by atoms with Crippen molar-refractivity contribution in [1.29, 1.82) is 0 Å². The second-order valence-corrected chi connectivity index (χ2v) is 6.28. The molecule has 6 nitrogen and oxygen atoms in total. The Labute approximate surface area is 151 Å². The van der Waals surface area contributed by atoms with Gasteiger partial charge >= 0.3 is 5.97 Å². The number of aliphatic carboxylic acids is 1. The molecule has 0 bridgehead atoms. The minimum absolute atomic E-state index is 0.195. The average Bonchev–Trinajstić information content (AvgIpc) is 3.09.